The van der Waals surface area contributed by atoms with Crippen LogP contribution in [-0.4, -0.2) is 42.8 Å². The normalized spacial score (nSPS) is 16.6. The maximum absolute atomic E-state index is 12.5. The fourth-order valence-corrected chi connectivity index (χ4v) is 4.58. The zero-order chi connectivity index (χ0) is 23.3. The Morgan fingerprint density at radius 3 is 2.78 bits per heavy atom. The van der Waals surface area contributed by atoms with Gasteiger partial charge in [-0.2, -0.15) is 0 Å². The number of rotatable bonds is 9. The van der Waals surface area contributed by atoms with Gasteiger partial charge in [0.2, 0.25) is 0 Å². The lowest BCUT2D eigenvalue weighted by Gasteiger charge is -2.16. The van der Waals surface area contributed by atoms with Gasteiger partial charge in [-0.1, -0.05) is 23.4 Å². The monoisotopic (exact) mass is 542 g/mol. The number of aliphatic carboxylic acids is 1. The first-order valence-corrected chi connectivity index (χ1v) is 11.5. The molecule has 170 valence electrons. The van der Waals surface area contributed by atoms with E-state index in [1.165, 1.54) is 11.8 Å². The minimum atomic E-state index is -1.10. The molecule has 1 aliphatic heterocycles. The maximum Gasteiger partial charge on any atom is 0.341 e. The summed E-state index contributed by atoms with van der Waals surface area (Å²) in [4.78, 5) is 23.8. The van der Waals surface area contributed by atoms with Crippen molar-refractivity contribution in [1.82, 2.24) is 5.32 Å². The molecular formula is C21H20BrClN2O6S. The largest absolute Gasteiger partial charge is 0.495 e. The number of anilines is 1. The molecule has 2 aromatic carbocycles. The molecule has 32 heavy (non-hydrogen) atoms. The topological polar surface area (TPSA) is 106 Å². The van der Waals surface area contributed by atoms with Gasteiger partial charge in [-0.05, 0) is 64.8 Å². The number of hydrogen-bond acceptors (Lipinski definition) is 7. The van der Waals surface area contributed by atoms with Gasteiger partial charge in [-0.15, -0.1) is 0 Å². The van der Waals surface area contributed by atoms with Crippen LogP contribution in [-0.2, 0) is 9.59 Å². The van der Waals surface area contributed by atoms with E-state index in [-0.39, 0.29) is 11.7 Å². The third-order valence-corrected chi connectivity index (χ3v) is 6.00. The second-order valence-corrected chi connectivity index (χ2v) is 8.85. The fraction of sp³-hybridized carbons (Fsp3) is 0.238. The number of halogens is 2. The highest BCUT2D eigenvalue weighted by atomic mass is 79.9. The molecule has 1 heterocycles. The highest BCUT2D eigenvalue weighted by Crippen LogP contribution is 2.39. The minimum Gasteiger partial charge on any atom is -0.495 e. The van der Waals surface area contributed by atoms with Crippen molar-refractivity contribution in [2.45, 2.75) is 12.4 Å². The first-order valence-electron chi connectivity index (χ1n) is 9.41. The van der Waals surface area contributed by atoms with Crippen molar-refractivity contribution < 1.29 is 28.9 Å². The lowest BCUT2D eigenvalue weighted by atomic mass is 10.2. The van der Waals surface area contributed by atoms with Crippen LogP contribution in [0.3, 0.4) is 0 Å². The number of methoxy groups -OCH3 is 1. The molecule has 0 spiro atoms. The van der Waals surface area contributed by atoms with Crippen LogP contribution in [0.1, 0.15) is 12.5 Å². The molecule has 0 radical (unpaired) electrons. The van der Waals surface area contributed by atoms with Gasteiger partial charge in [0.1, 0.15) is 5.75 Å². The summed E-state index contributed by atoms with van der Waals surface area (Å²) in [5.74, 6) is -0.0821. The Hall–Kier alpha value is -2.56. The summed E-state index contributed by atoms with van der Waals surface area (Å²) in [7, 11) is 1.55. The number of carboxylic acid groups (broad SMARTS) is 1. The standard InChI is InChI=1S/C21H20BrClN2O6S/c1-3-30-16-7-11(6-13(22)19(16)31-10-18(26)27)8-17-20(28)25-21(32-17)24-14-9-12(23)4-5-15(14)29-2/h4-9,21,24H,3,10H2,1-2H3,(H,25,28)(H,26,27)/b17-8-. The highest BCUT2D eigenvalue weighted by molar-refractivity contribution is 9.10. The highest BCUT2D eigenvalue weighted by Gasteiger charge is 2.28. The van der Waals surface area contributed by atoms with Gasteiger partial charge in [0, 0.05) is 5.02 Å². The van der Waals surface area contributed by atoms with Crippen LogP contribution in [0.5, 0.6) is 17.2 Å². The second-order valence-electron chi connectivity index (χ2n) is 6.41. The third kappa shape index (κ3) is 6.02. The van der Waals surface area contributed by atoms with E-state index in [9.17, 15) is 9.59 Å². The number of amides is 1. The summed E-state index contributed by atoms with van der Waals surface area (Å²) in [5.41, 5.74) is 0.913. The second kappa shape index (κ2) is 10.8. The summed E-state index contributed by atoms with van der Waals surface area (Å²) in [5, 5.41) is 15.5. The molecule has 1 atom stereocenters. The molecule has 2 aromatic rings. The van der Waals surface area contributed by atoms with Gasteiger partial charge >= 0.3 is 5.97 Å². The molecule has 8 nitrogen and oxygen atoms in total. The van der Waals surface area contributed by atoms with Crippen LogP contribution in [0.25, 0.3) is 6.08 Å². The van der Waals surface area contributed by atoms with Crippen LogP contribution in [0.15, 0.2) is 39.7 Å². The lowest BCUT2D eigenvalue weighted by molar-refractivity contribution is -0.139. The number of carboxylic acids is 1. The van der Waals surface area contributed by atoms with Gasteiger partial charge in [0.25, 0.3) is 5.91 Å². The van der Waals surface area contributed by atoms with Gasteiger partial charge in [0.05, 0.1) is 28.8 Å². The SMILES string of the molecule is CCOc1cc(/C=C2\SC(Nc3cc(Cl)ccc3OC)NC2=O)cc(Br)c1OCC(=O)O. The van der Waals surface area contributed by atoms with E-state index in [2.05, 4.69) is 26.6 Å². The number of benzene rings is 2. The van der Waals surface area contributed by atoms with Crippen molar-refractivity contribution in [2.75, 3.05) is 25.6 Å². The van der Waals surface area contributed by atoms with E-state index in [1.807, 2.05) is 0 Å². The summed E-state index contributed by atoms with van der Waals surface area (Å²) >= 11 is 10.8. The Balaban J connectivity index is 1.81. The van der Waals surface area contributed by atoms with Crippen LogP contribution in [0.4, 0.5) is 5.69 Å². The quantitative estimate of drug-likeness (QED) is 0.395. The zero-order valence-electron chi connectivity index (χ0n) is 17.1. The molecule has 3 rings (SSSR count). The molecule has 3 N–H and O–H groups in total. The number of carbonyl (C=O) groups excluding carboxylic acids is 1. The lowest BCUT2D eigenvalue weighted by Crippen LogP contribution is -2.31. The number of ether oxygens (including phenoxy) is 3. The van der Waals surface area contributed by atoms with Crippen molar-refractivity contribution >= 4 is 62.9 Å². The van der Waals surface area contributed by atoms with E-state index in [0.717, 1.165) is 0 Å². The molecule has 1 amide bonds. The number of nitrogens with one attached hydrogen (secondary N) is 2. The van der Waals surface area contributed by atoms with E-state index in [0.29, 0.717) is 43.8 Å². The third-order valence-electron chi connectivity index (χ3n) is 4.15. The average molecular weight is 544 g/mol. The van der Waals surface area contributed by atoms with Gasteiger partial charge in [-0.25, -0.2) is 4.79 Å². The van der Waals surface area contributed by atoms with E-state index in [4.69, 9.17) is 30.9 Å². The molecule has 0 aliphatic carbocycles. The Labute approximate surface area is 202 Å². The van der Waals surface area contributed by atoms with E-state index >= 15 is 0 Å². The summed E-state index contributed by atoms with van der Waals surface area (Å²) in [6.07, 6.45) is 1.71. The molecule has 0 bridgehead atoms. The van der Waals surface area contributed by atoms with Gasteiger partial charge in [0.15, 0.2) is 23.6 Å². The fourth-order valence-electron chi connectivity index (χ4n) is 2.86. The summed E-state index contributed by atoms with van der Waals surface area (Å²) in [6.45, 7) is 1.66. The van der Waals surface area contributed by atoms with Crippen LogP contribution >= 0.6 is 39.3 Å². The van der Waals surface area contributed by atoms with Crippen molar-refractivity contribution in [3.05, 3.63) is 50.3 Å². The van der Waals surface area contributed by atoms with E-state index < -0.39 is 18.1 Å². The van der Waals surface area contributed by atoms with Gasteiger partial charge < -0.3 is 30.0 Å². The maximum atomic E-state index is 12.5. The molecule has 0 saturated carbocycles. The van der Waals surface area contributed by atoms with Crippen molar-refractivity contribution in [2.24, 2.45) is 0 Å². The van der Waals surface area contributed by atoms with Crippen LogP contribution < -0.4 is 24.8 Å². The molecule has 1 unspecified atom stereocenters. The first kappa shape index (κ1) is 24.1. The summed E-state index contributed by atoms with van der Waals surface area (Å²) < 4.78 is 16.8. The van der Waals surface area contributed by atoms with Gasteiger partial charge in [-0.3, -0.25) is 4.79 Å². The number of carbonyl (C=O) groups is 2. The van der Waals surface area contributed by atoms with Crippen LogP contribution in [0.2, 0.25) is 5.02 Å². The Morgan fingerprint density at radius 1 is 1.31 bits per heavy atom. The molecular weight excluding hydrogens is 524 g/mol. The van der Waals surface area contributed by atoms with Crippen molar-refractivity contribution in [3.8, 4) is 17.2 Å². The minimum absolute atomic E-state index is 0.242. The molecule has 1 aliphatic rings. The van der Waals surface area contributed by atoms with E-state index in [1.54, 1.807) is 50.4 Å². The predicted molar refractivity (Wildman–Crippen MR) is 128 cm³/mol. The zero-order valence-corrected chi connectivity index (χ0v) is 20.3. The van der Waals surface area contributed by atoms with Crippen molar-refractivity contribution in [1.29, 1.82) is 0 Å². The first-order chi connectivity index (χ1) is 15.3. The molecule has 1 saturated heterocycles. The molecule has 0 aromatic heterocycles. The number of thioether (sulfide) groups is 1. The molecule has 1 fully saturated rings. The Kier molecular flexibility index (Phi) is 8.16. The Bertz CT molecular complexity index is 1060. The number of hydrogen-bond donors (Lipinski definition) is 3. The predicted octanol–water partition coefficient (Wildman–Crippen LogP) is 4.57. The Morgan fingerprint density at radius 2 is 2.09 bits per heavy atom. The van der Waals surface area contributed by atoms with Crippen molar-refractivity contribution in [3.63, 3.8) is 0 Å². The van der Waals surface area contributed by atoms with Crippen LogP contribution in [0, 0.1) is 0 Å². The molecule has 11 heteroatoms. The smallest absolute Gasteiger partial charge is 0.341 e. The summed E-state index contributed by atoms with van der Waals surface area (Å²) in [6, 6.07) is 8.59. The average Bonchev–Trinajstić information content (AvgIpc) is 3.06.